The zero-order chi connectivity index (χ0) is 20.2. The van der Waals surface area contributed by atoms with Crippen LogP contribution in [0.4, 0.5) is 0 Å². The average molecular weight is 392 g/mol. The van der Waals surface area contributed by atoms with Gasteiger partial charge < -0.3 is 14.6 Å². The molecule has 2 aromatic carbocycles. The molecule has 3 aromatic rings. The molecule has 1 aliphatic heterocycles. The number of likely N-dealkylation sites (N-methyl/N-ethyl adjacent to an activating group) is 1. The van der Waals surface area contributed by atoms with Gasteiger partial charge in [-0.2, -0.15) is 4.98 Å². The summed E-state index contributed by atoms with van der Waals surface area (Å²) in [4.78, 5) is 19.1. The van der Waals surface area contributed by atoms with Gasteiger partial charge in [0.25, 0.3) is 0 Å². The highest BCUT2D eigenvalue weighted by Crippen LogP contribution is 2.26. The molecule has 0 aliphatic carbocycles. The number of carbonyl (C=O) groups excluding carboxylic acids is 1. The van der Waals surface area contributed by atoms with Gasteiger partial charge in [0, 0.05) is 19.2 Å². The van der Waals surface area contributed by atoms with Crippen molar-refractivity contribution in [3.63, 3.8) is 0 Å². The van der Waals surface area contributed by atoms with Gasteiger partial charge in [-0.3, -0.25) is 9.69 Å². The summed E-state index contributed by atoms with van der Waals surface area (Å²) in [6, 6.07) is 15.5. The number of aromatic nitrogens is 2. The number of amides is 1. The van der Waals surface area contributed by atoms with Crippen LogP contribution >= 0.6 is 0 Å². The summed E-state index contributed by atoms with van der Waals surface area (Å²) < 4.78 is 11.0. The number of nitrogens with one attached hydrogen (secondary N) is 1. The summed E-state index contributed by atoms with van der Waals surface area (Å²) in [6.45, 7) is 3.65. The number of fused-ring (bicyclic) bond motifs is 1. The first-order valence-corrected chi connectivity index (χ1v) is 9.76. The molecule has 7 heteroatoms. The third-order valence-electron chi connectivity index (χ3n) is 5.12. The molecule has 0 saturated heterocycles. The van der Waals surface area contributed by atoms with Crippen molar-refractivity contribution in [3.8, 4) is 17.1 Å². The smallest absolute Gasteiger partial charge is 0.241 e. The summed E-state index contributed by atoms with van der Waals surface area (Å²) in [6.07, 6.45) is 0.662. The first-order chi connectivity index (χ1) is 14.2. The van der Waals surface area contributed by atoms with Crippen LogP contribution in [0.2, 0.25) is 0 Å². The fourth-order valence-electron chi connectivity index (χ4n) is 3.65. The third-order valence-corrected chi connectivity index (χ3v) is 5.12. The van der Waals surface area contributed by atoms with E-state index in [1.54, 1.807) is 7.05 Å². The van der Waals surface area contributed by atoms with Crippen LogP contribution in [0.3, 0.4) is 0 Å². The van der Waals surface area contributed by atoms with E-state index < -0.39 is 0 Å². The van der Waals surface area contributed by atoms with Crippen molar-refractivity contribution in [2.45, 2.75) is 32.5 Å². The minimum absolute atomic E-state index is 0.00856. The molecule has 0 bridgehead atoms. The Kier molecular flexibility index (Phi) is 5.57. The molecule has 1 atom stereocenters. The minimum Gasteiger partial charge on any atom is -0.494 e. The lowest BCUT2D eigenvalue weighted by molar-refractivity contribution is -0.127. The van der Waals surface area contributed by atoms with E-state index >= 15 is 0 Å². The van der Waals surface area contributed by atoms with Crippen molar-refractivity contribution < 1.29 is 14.1 Å². The second-order valence-electron chi connectivity index (χ2n) is 6.98. The minimum atomic E-state index is -0.268. The van der Waals surface area contributed by atoms with Crippen molar-refractivity contribution in [2.75, 3.05) is 13.7 Å². The molecular weight excluding hydrogens is 368 g/mol. The van der Waals surface area contributed by atoms with Crippen LogP contribution in [0.5, 0.6) is 5.75 Å². The predicted octanol–water partition coefficient (Wildman–Crippen LogP) is 2.81. The molecule has 4 rings (SSSR count). The number of rotatable bonds is 6. The molecule has 1 N–H and O–H groups in total. The quantitative estimate of drug-likeness (QED) is 0.695. The lowest BCUT2D eigenvalue weighted by atomic mass is 9.93. The Morgan fingerprint density at radius 2 is 1.97 bits per heavy atom. The zero-order valence-corrected chi connectivity index (χ0v) is 16.6. The molecule has 0 saturated carbocycles. The predicted molar refractivity (Wildman–Crippen MR) is 108 cm³/mol. The maximum atomic E-state index is 12.5. The molecule has 2 heterocycles. The highest BCUT2D eigenvalue weighted by Gasteiger charge is 2.32. The highest BCUT2D eigenvalue weighted by molar-refractivity contribution is 5.82. The van der Waals surface area contributed by atoms with Gasteiger partial charge in [0.15, 0.2) is 0 Å². The number of hydrogen-bond acceptors (Lipinski definition) is 6. The second kappa shape index (κ2) is 8.45. The van der Waals surface area contributed by atoms with Crippen LogP contribution in [0.1, 0.15) is 23.9 Å². The molecule has 0 spiro atoms. The Morgan fingerprint density at radius 3 is 2.69 bits per heavy atom. The number of nitrogens with zero attached hydrogens (tertiary/aromatic N) is 3. The highest BCUT2D eigenvalue weighted by atomic mass is 16.5. The molecule has 0 unspecified atom stereocenters. The van der Waals surface area contributed by atoms with Gasteiger partial charge in [0.05, 0.1) is 19.2 Å². The number of ether oxygens (including phenoxy) is 1. The van der Waals surface area contributed by atoms with E-state index in [9.17, 15) is 4.79 Å². The number of hydrogen-bond donors (Lipinski definition) is 1. The molecule has 0 radical (unpaired) electrons. The Bertz CT molecular complexity index is 984. The van der Waals surface area contributed by atoms with Crippen LogP contribution in [0.25, 0.3) is 11.4 Å². The largest absolute Gasteiger partial charge is 0.494 e. The van der Waals surface area contributed by atoms with Crippen molar-refractivity contribution in [3.05, 3.63) is 65.5 Å². The first-order valence-electron chi connectivity index (χ1n) is 9.76. The Hall–Kier alpha value is -3.19. The van der Waals surface area contributed by atoms with E-state index in [0.717, 1.165) is 11.3 Å². The molecular formula is C22H24N4O3. The standard InChI is InChI=1S/C22H24N4O3/c1-3-28-18-10-8-15(9-11-18)21-24-20(29-25-21)14-26-13-17-7-5-4-6-16(17)12-19(26)22(27)23-2/h4-11,19H,3,12-14H2,1-2H3,(H,23,27)/t19-/m1/s1. The summed E-state index contributed by atoms with van der Waals surface area (Å²) in [7, 11) is 1.66. The summed E-state index contributed by atoms with van der Waals surface area (Å²) in [5.41, 5.74) is 3.28. The molecule has 1 aliphatic rings. The second-order valence-corrected chi connectivity index (χ2v) is 6.98. The van der Waals surface area contributed by atoms with E-state index in [4.69, 9.17) is 9.26 Å². The summed E-state index contributed by atoms with van der Waals surface area (Å²) in [5, 5.41) is 6.88. The summed E-state index contributed by atoms with van der Waals surface area (Å²) in [5.74, 6) is 1.81. The monoisotopic (exact) mass is 392 g/mol. The van der Waals surface area contributed by atoms with Gasteiger partial charge in [-0.05, 0) is 48.7 Å². The van der Waals surface area contributed by atoms with Gasteiger partial charge in [-0.15, -0.1) is 0 Å². The Balaban J connectivity index is 1.52. The van der Waals surface area contributed by atoms with Crippen LogP contribution in [-0.2, 0) is 24.3 Å². The lowest BCUT2D eigenvalue weighted by Crippen LogP contribution is -2.49. The number of benzene rings is 2. The normalized spacial score (nSPS) is 16.3. The molecule has 7 nitrogen and oxygen atoms in total. The molecule has 150 valence electrons. The van der Waals surface area contributed by atoms with Crippen LogP contribution < -0.4 is 10.1 Å². The van der Waals surface area contributed by atoms with Crippen LogP contribution in [0, 0.1) is 0 Å². The van der Waals surface area contributed by atoms with Crippen molar-refractivity contribution >= 4 is 5.91 Å². The topological polar surface area (TPSA) is 80.5 Å². The lowest BCUT2D eigenvalue weighted by Gasteiger charge is -2.34. The average Bonchev–Trinajstić information content (AvgIpc) is 3.22. The van der Waals surface area contributed by atoms with E-state index in [-0.39, 0.29) is 11.9 Å². The fraction of sp³-hybridized carbons (Fsp3) is 0.318. The van der Waals surface area contributed by atoms with Gasteiger partial charge in [0.2, 0.25) is 17.6 Å². The maximum absolute atomic E-state index is 12.5. The van der Waals surface area contributed by atoms with E-state index in [1.807, 2.05) is 43.3 Å². The molecule has 0 fully saturated rings. The van der Waals surface area contributed by atoms with Crippen LogP contribution in [0.15, 0.2) is 53.1 Å². The van der Waals surface area contributed by atoms with E-state index in [2.05, 4.69) is 32.5 Å². The maximum Gasteiger partial charge on any atom is 0.241 e. The third kappa shape index (κ3) is 4.14. The van der Waals surface area contributed by atoms with Gasteiger partial charge in [-0.1, -0.05) is 29.4 Å². The molecule has 1 amide bonds. The fourth-order valence-corrected chi connectivity index (χ4v) is 3.65. The van der Waals surface area contributed by atoms with E-state index in [1.165, 1.54) is 11.1 Å². The van der Waals surface area contributed by atoms with Gasteiger partial charge in [-0.25, -0.2) is 0 Å². The van der Waals surface area contributed by atoms with Crippen molar-refractivity contribution in [1.82, 2.24) is 20.4 Å². The van der Waals surface area contributed by atoms with Gasteiger partial charge >= 0.3 is 0 Å². The number of carbonyl (C=O) groups is 1. The molecule has 1 aromatic heterocycles. The summed E-state index contributed by atoms with van der Waals surface area (Å²) >= 11 is 0. The molecule has 29 heavy (non-hydrogen) atoms. The van der Waals surface area contributed by atoms with Crippen molar-refractivity contribution in [2.24, 2.45) is 0 Å². The SMILES string of the molecule is CCOc1ccc(-c2noc(CN3Cc4ccccc4C[C@@H]3C(=O)NC)n2)cc1. The van der Waals surface area contributed by atoms with Gasteiger partial charge in [0.1, 0.15) is 5.75 Å². The van der Waals surface area contributed by atoms with Crippen molar-refractivity contribution in [1.29, 1.82) is 0 Å². The Morgan fingerprint density at radius 1 is 1.21 bits per heavy atom. The Labute approximate surface area is 169 Å². The first kappa shape index (κ1) is 19.1. The zero-order valence-electron chi connectivity index (χ0n) is 16.6. The van der Waals surface area contributed by atoms with Crippen LogP contribution in [-0.4, -0.2) is 40.6 Å². The van der Waals surface area contributed by atoms with E-state index in [0.29, 0.717) is 37.8 Å².